The maximum atomic E-state index is 6.46. The van der Waals surface area contributed by atoms with Gasteiger partial charge >= 0.3 is 0 Å². The molecular weight excluding hydrogens is 434 g/mol. The van der Waals surface area contributed by atoms with Crippen molar-refractivity contribution < 1.29 is 4.42 Å². The Labute approximate surface area is 203 Å². The Balaban J connectivity index is 1.62. The van der Waals surface area contributed by atoms with E-state index in [1.165, 1.54) is 21.5 Å². The zero-order valence-electron chi connectivity index (χ0n) is 21.3. The van der Waals surface area contributed by atoms with E-state index in [2.05, 4.69) is 112 Å². The van der Waals surface area contributed by atoms with Gasteiger partial charge in [0.25, 0.3) is 0 Å². The molecule has 0 bridgehead atoms. The summed E-state index contributed by atoms with van der Waals surface area (Å²) in [7, 11) is -1.56. The molecule has 0 spiro atoms. The molecule has 0 N–H and O–H groups in total. The van der Waals surface area contributed by atoms with Crippen LogP contribution >= 0.6 is 0 Å². The molecule has 3 heterocycles. The van der Waals surface area contributed by atoms with E-state index in [4.69, 9.17) is 9.40 Å². The van der Waals surface area contributed by atoms with Crippen molar-refractivity contribution >= 4 is 35.2 Å². The van der Waals surface area contributed by atoms with Crippen LogP contribution in [0.2, 0.25) is 19.6 Å². The van der Waals surface area contributed by atoms with Crippen LogP contribution in [0.3, 0.4) is 0 Å². The molecule has 0 amide bonds. The quantitative estimate of drug-likeness (QED) is 0.292. The fraction of sp³-hybridized carbons (Fsp3) is 0.345. The predicted molar refractivity (Wildman–Crippen MR) is 146 cm³/mol. The van der Waals surface area contributed by atoms with Crippen LogP contribution in [0.5, 0.6) is 0 Å². The van der Waals surface area contributed by atoms with Gasteiger partial charge in [0, 0.05) is 52.6 Å². The lowest BCUT2D eigenvalue weighted by Crippen LogP contribution is -2.38. The molecule has 5 rings (SSSR count). The topological polar surface area (TPSA) is 32.5 Å². The van der Waals surface area contributed by atoms with Crippen molar-refractivity contribution in [1.29, 1.82) is 0 Å². The highest BCUT2D eigenvalue weighted by molar-refractivity contribution is 6.90. The lowest BCUT2D eigenvalue weighted by atomic mass is 10.0. The maximum absolute atomic E-state index is 6.46. The number of hydrogen-bond donors (Lipinski definition) is 0. The zero-order chi connectivity index (χ0) is 24.2. The van der Waals surface area contributed by atoms with Crippen molar-refractivity contribution in [3.05, 3.63) is 72.7 Å². The van der Waals surface area contributed by atoms with Gasteiger partial charge in [-0.25, -0.2) is 0 Å². The summed E-state index contributed by atoms with van der Waals surface area (Å²) in [6.07, 6.45) is 6.62. The molecule has 34 heavy (non-hydrogen) atoms. The Hall–Kier alpha value is -3.05. The third-order valence-electron chi connectivity index (χ3n) is 6.86. The van der Waals surface area contributed by atoms with Crippen molar-refractivity contribution in [2.75, 3.05) is 0 Å². The number of hydrogen-bond acceptors (Lipinski definition) is 4. The van der Waals surface area contributed by atoms with Gasteiger partial charge in [-0.1, -0.05) is 50.0 Å². The molecule has 2 aromatic carbocycles. The van der Waals surface area contributed by atoms with E-state index in [0.29, 0.717) is 12.1 Å². The van der Waals surface area contributed by atoms with Crippen LogP contribution < -0.4 is 5.19 Å². The first-order chi connectivity index (χ1) is 16.2. The van der Waals surface area contributed by atoms with Gasteiger partial charge in [0.05, 0.1) is 13.8 Å². The average Bonchev–Trinajstić information content (AvgIpc) is 3.40. The van der Waals surface area contributed by atoms with Crippen LogP contribution in [0.25, 0.3) is 33.2 Å². The van der Waals surface area contributed by atoms with Crippen molar-refractivity contribution in [2.45, 2.75) is 65.6 Å². The van der Waals surface area contributed by atoms with Crippen molar-refractivity contribution in [3.63, 3.8) is 0 Å². The van der Waals surface area contributed by atoms with Gasteiger partial charge < -0.3 is 14.2 Å². The molecule has 5 heteroatoms. The minimum Gasteiger partial charge on any atom is -0.455 e. The molecule has 0 atom stereocenters. The van der Waals surface area contributed by atoms with E-state index in [1.807, 2.05) is 12.3 Å². The number of rotatable bonds is 5. The average molecular weight is 470 g/mol. The maximum Gasteiger partial charge on any atom is 0.144 e. The van der Waals surface area contributed by atoms with E-state index in [0.717, 1.165) is 22.4 Å². The summed E-state index contributed by atoms with van der Waals surface area (Å²) in [6.45, 7) is 16.1. The first kappa shape index (κ1) is 22.7. The van der Waals surface area contributed by atoms with Crippen LogP contribution in [0.15, 0.2) is 71.5 Å². The lowest BCUT2D eigenvalue weighted by Gasteiger charge is -2.37. The van der Waals surface area contributed by atoms with E-state index < -0.39 is 8.07 Å². The summed E-state index contributed by atoms with van der Waals surface area (Å²) in [6, 6.07) is 18.1. The fourth-order valence-corrected chi connectivity index (χ4v) is 6.68. The standard InChI is InChI=1S/C29H35N3OSi/c1-19(2)31-16-17-32(20(3)4)29(31)21-12-14-24(30-18-21)22-13-15-26(34(5,6)7)27-23-10-8-9-11-25(23)33-28(22)27/h8-20,29H,1-7H3. The summed E-state index contributed by atoms with van der Waals surface area (Å²) in [5.41, 5.74) is 5.12. The monoisotopic (exact) mass is 469 g/mol. The summed E-state index contributed by atoms with van der Waals surface area (Å²) >= 11 is 0. The summed E-state index contributed by atoms with van der Waals surface area (Å²) in [5.74, 6) is 0. The largest absolute Gasteiger partial charge is 0.455 e. The molecule has 0 radical (unpaired) electrons. The highest BCUT2D eigenvalue weighted by Gasteiger charge is 2.31. The molecule has 1 aliphatic rings. The minimum absolute atomic E-state index is 0.169. The molecule has 4 nitrogen and oxygen atoms in total. The van der Waals surface area contributed by atoms with Crippen LogP contribution in [0.4, 0.5) is 0 Å². The Kier molecular flexibility index (Phi) is 5.56. The van der Waals surface area contributed by atoms with Crippen LogP contribution in [0, 0.1) is 0 Å². The number of fused-ring (bicyclic) bond motifs is 3. The number of pyridine rings is 1. The molecule has 0 aliphatic carbocycles. The van der Waals surface area contributed by atoms with Gasteiger partial charge in [-0.15, -0.1) is 0 Å². The van der Waals surface area contributed by atoms with E-state index in [1.54, 1.807) is 0 Å². The smallest absolute Gasteiger partial charge is 0.144 e. The van der Waals surface area contributed by atoms with Gasteiger partial charge in [-0.2, -0.15) is 0 Å². The zero-order valence-corrected chi connectivity index (χ0v) is 22.3. The Morgan fingerprint density at radius 2 is 1.53 bits per heavy atom. The predicted octanol–water partition coefficient (Wildman–Crippen LogP) is 7.10. The summed E-state index contributed by atoms with van der Waals surface area (Å²) in [4.78, 5) is 9.76. The number of para-hydroxylation sites is 1. The van der Waals surface area contributed by atoms with Gasteiger partial charge in [0.15, 0.2) is 0 Å². The van der Waals surface area contributed by atoms with Crippen LogP contribution in [0.1, 0.15) is 39.4 Å². The molecule has 0 saturated carbocycles. The molecule has 0 fully saturated rings. The van der Waals surface area contributed by atoms with E-state index in [-0.39, 0.29) is 6.17 Å². The number of furan rings is 1. The van der Waals surface area contributed by atoms with Gasteiger partial charge in [-0.3, -0.25) is 4.98 Å². The molecule has 2 aromatic heterocycles. The van der Waals surface area contributed by atoms with Crippen molar-refractivity contribution in [1.82, 2.24) is 14.8 Å². The van der Waals surface area contributed by atoms with Crippen LogP contribution in [-0.4, -0.2) is 34.9 Å². The number of aromatic nitrogens is 1. The summed E-state index contributed by atoms with van der Waals surface area (Å²) < 4.78 is 6.46. The Morgan fingerprint density at radius 1 is 0.853 bits per heavy atom. The molecule has 0 saturated heterocycles. The van der Waals surface area contributed by atoms with E-state index in [9.17, 15) is 0 Å². The van der Waals surface area contributed by atoms with Gasteiger partial charge in [0.2, 0.25) is 0 Å². The number of nitrogens with zero attached hydrogens (tertiary/aromatic N) is 3. The third-order valence-corrected chi connectivity index (χ3v) is 8.90. The fourth-order valence-electron chi connectivity index (χ4n) is 5.10. The van der Waals surface area contributed by atoms with Crippen molar-refractivity contribution in [3.8, 4) is 11.3 Å². The molecule has 0 unspecified atom stereocenters. The second-order valence-corrected chi connectivity index (χ2v) is 16.0. The number of benzene rings is 2. The van der Waals surface area contributed by atoms with E-state index >= 15 is 0 Å². The second-order valence-electron chi connectivity index (χ2n) is 10.9. The third kappa shape index (κ3) is 3.72. The Morgan fingerprint density at radius 3 is 2.12 bits per heavy atom. The molecular formula is C29H35N3OSi. The SMILES string of the molecule is CC(C)N1C=CN(C(C)C)C1c1ccc(-c2ccc([Si](C)(C)C)c3c2oc2ccccc23)nc1. The molecule has 176 valence electrons. The lowest BCUT2D eigenvalue weighted by molar-refractivity contribution is 0.105. The molecule has 4 aromatic rings. The Bertz CT molecular complexity index is 1340. The first-order valence-corrected chi connectivity index (χ1v) is 15.8. The van der Waals surface area contributed by atoms with Gasteiger partial charge in [-0.05, 0) is 51.1 Å². The van der Waals surface area contributed by atoms with Crippen molar-refractivity contribution in [2.24, 2.45) is 0 Å². The minimum atomic E-state index is -1.56. The van der Waals surface area contributed by atoms with Crippen LogP contribution in [-0.2, 0) is 0 Å². The second kappa shape index (κ2) is 8.31. The first-order valence-electron chi connectivity index (χ1n) is 12.3. The van der Waals surface area contributed by atoms with Gasteiger partial charge in [0.1, 0.15) is 17.3 Å². The molecule has 1 aliphatic heterocycles. The normalized spacial score (nSPS) is 15.1. The summed E-state index contributed by atoms with van der Waals surface area (Å²) in [5, 5.41) is 3.89. The highest BCUT2D eigenvalue weighted by Crippen LogP contribution is 2.37. The highest BCUT2D eigenvalue weighted by atomic mass is 28.3.